The second kappa shape index (κ2) is 15.0. The lowest BCUT2D eigenvalue weighted by Crippen LogP contribution is -2.61. The molecule has 0 amide bonds. The fourth-order valence-corrected chi connectivity index (χ4v) is 31.9. The van der Waals surface area contributed by atoms with Gasteiger partial charge in [-0.15, -0.1) is 0 Å². The molecule has 0 bridgehead atoms. The monoisotopic (exact) mass is 663 g/mol. The van der Waals surface area contributed by atoms with Crippen molar-refractivity contribution in [3.05, 3.63) is 0 Å². The van der Waals surface area contributed by atoms with E-state index < -0.39 is 60.4 Å². The molecule has 1 aliphatic heterocycles. The van der Waals surface area contributed by atoms with Gasteiger partial charge in [-0.05, 0) is 78.1 Å². The Morgan fingerprint density at radius 3 is 1.66 bits per heavy atom. The molecular formula is C21H55O10Si7. The zero-order chi connectivity index (χ0) is 29.5. The Bertz CT molecular complexity index is 693. The molecule has 1 saturated heterocycles. The van der Waals surface area contributed by atoms with Gasteiger partial charge in [0.15, 0.2) is 16.6 Å². The van der Waals surface area contributed by atoms with Crippen LogP contribution >= 0.6 is 0 Å². The van der Waals surface area contributed by atoms with Gasteiger partial charge in [-0.25, -0.2) is 0 Å². The van der Waals surface area contributed by atoms with Crippen molar-refractivity contribution in [3.63, 3.8) is 0 Å². The van der Waals surface area contributed by atoms with E-state index in [1.54, 1.807) is 21.3 Å². The summed E-state index contributed by atoms with van der Waals surface area (Å²) < 4.78 is 62.0. The van der Waals surface area contributed by atoms with Crippen molar-refractivity contribution in [2.45, 2.75) is 96.3 Å². The average Bonchev–Trinajstić information content (AvgIpc) is 3.53. The molecule has 0 N–H and O–H groups in total. The fourth-order valence-electron chi connectivity index (χ4n) is 4.26. The molecule has 0 aromatic heterocycles. The molecule has 0 saturated carbocycles. The summed E-state index contributed by atoms with van der Waals surface area (Å²) in [4.78, 5) is 0. The van der Waals surface area contributed by atoms with Gasteiger partial charge in [-0.3, -0.25) is 0 Å². The Balaban J connectivity index is 3.19. The molecule has 0 aliphatic carbocycles. The molecule has 1 heterocycles. The van der Waals surface area contributed by atoms with E-state index in [1.165, 1.54) is 0 Å². The lowest BCUT2D eigenvalue weighted by Gasteiger charge is -2.44. The van der Waals surface area contributed by atoms with Crippen LogP contribution < -0.4 is 0 Å². The second-order valence-corrected chi connectivity index (χ2v) is 37.4. The highest BCUT2D eigenvalue weighted by Crippen LogP contribution is 2.33. The summed E-state index contributed by atoms with van der Waals surface area (Å²) in [5, 5.41) is 0. The minimum Gasteiger partial charge on any atom is -0.437 e. The van der Waals surface area contributed by atoms with Gasteiger partial charge in [0.05, 0.1) is 13.2 Å². The molecule has 0 aromatic carbocycles. The molecule has 1 radical (unpaired) electrons. The van der Waals surface area contributed by atoms with Crippen LogP contribution in [0.15, 0.2) is 0 Å². The number of hydrogen-bond donors (Lipinski definition) is 0. The molecule has 17 heteroatoms. The third-order valence-corrected chi connectivity index (χ3v) is 29.0. The Kier molecular flexibility index (Phi) is 14.7. The first kappa shape index (κ1) is 37.1. The quantitative estimate of drug-likeness (QED) is 0.0949. The predicted octanol–water partition coefficient (Wildman–Crippen LogP) is 5.00. The van der Waals surface area contributed by atoms with E-state index in [9.17, 15) is 0 Å². The van der Waals surface area contributed by atoms with Crippen LogP contribution in [-0.4, -0.2) is 108 Å². The number of rotatable bonds is 21. The van der Waals surface area contributed by atoms with E-state index in [0.29, 0.717) is 31.3 Å². The number of epoxide rings is 1. The van der Waals surface area contributed by atoms with Crippen molar-refractivity contribution in [3.8, 4) is 0 Å². The van der Waals surface area contributed by atoms with Crippen molar-refractivity contribution < 1.29 is 43.3 Å². The van der Waals surface area contributed by atoms with Gasteiger partial charge in [-0.1, -0.05) is 0 Å². The zero-order valence-corrected chi connectivity index (χ0v) is 33.4. The highest BCUT2D eigenvalue weighted by Gasteiger charge is 2.51. The molecule has 1 aliphatic rings. The smallest absolute Gasteiger partial charge is 0.437 e. The zero-order valence-electron chi connectivity index (χ0n) is 26.4. The van der Waals surface area contributed by atoms with E-state index in [0.717, 1.165) is 6.61 Å². The Morgan fingerprint density at radius 1 is 0.684 bits per heavy atom. The highest BCUT2D eigenvalue weighted by atomic mass is 28.5. The normalized spacial score (nSPS) is 20.4. The summed E-state index contributed by atoms with van der Waals surface area (Å²) in [7, 11) is -11.3. The SMILES string of the molecule is CO[Si](CC[Si](C)(O[Si](C)(C)O[Si](C)O[Si](C)(C)C)O[Si](C)(CCOCC1CO1)O[Si](C)(C)C)(OC)OC. The first-order valence-corrected chi connectivity index (χ1v) is 31.8. The Labute approximate surface area is 240 Å². The van der Waals surface area contributed by atoms with E-state index in [1.807, 2.05) is 6.55 Å². The Hall–Kier alpha value is 1.12. The maximum atomic E-state index is 7.12. The minimum absolute atomic E-state index is 0.229. The van der Waals surface area contributed by atoms with Gasteiger partial charge < -0.3 is 43.3 Å². The molecule has 10 nitrogen and oxygen atoms in total. The first-order valence-electron chi connectivity index (χ1n) is 13.4. The van der Waals surface area contributed by atoms with Crippen LogP contribution in [-0.2, 0) is 43.3 Å². The molecule has 3 unspecified atom stereocenters. The standard InChI is InChI=1S/C21H55O10Si7/c1-22-38(23-2,24-3)18-17-37(14,30-35(11,12)28-32(4)27-33(5,6)7)31-36(13,29-34(8,9)10)16-15-25-19-21-20-26-21/h21H,15-20H2,1-14H3. The summed E-state index contributed by atoms with van der Waals surface area (Å²) in [5.74, 6) is 0. The van der Waals surface area contributed by atoms with Crippen LogP contribution in [0.4, 0.5) is 0 Å². The number of ether oxygens (including phenoxy) is 2. The van der Waals surface area contributed by atoms with E-state index in [-0.39, 0.29) is 6.10 Å². The molecule has 3 atom stereocenters. The van der Waals surface area contributed by atoms with Gasteiger partial charge in [0, 0.05) is 40.0 Å². The molecular weight excluding hydrogens is 609 g/mol. The summed E-state index contributed by atoms with van der Waals surface area (Å²) in [6.45, 7) is 25.5. The van der Waals surface area contributed by atoms with Crippen molar-refractivity contribution in [1.82, 2.24) is 0 Å². The van der Waals surface area contributed by atoms with Crippen LogP contribution in [0.1, 0.15) is 0 Å². The van der Waals surface area contributed by atoms with Crippen LogP contribution in [0.3, 0.4) is 0 Å². The summed E-state index contributed by atoms with van der Waals surface area (Å²) >= 11 is 0. The van der Waals surface area contributed by atoms with Crippen LogP contribution in [0.2, 0.25) is 90.1 Å². The van der Waals surface area contributed by atoms with E-state index in [2.05, 4.69) is 65.5 Å². The van der Waals surface area contributed by atoms with Crippen LogP contribution in [0.5, 0.6) is 0 Å². The maximum absolute atomic E-state index is 7.12. The molecule has 0 spiro atoms. The van der Waals surface area contributed by atoms with Gasteiger partial charge in [0.1, 0.15) is 6.10 Å². The third-order valence-electron chi connectivity index (χ3n) is 5.48. The lowest BCUT2D eigenvalue weighted by atomic mass is 10.5. The molecule has 1 rings (SSSR count). The molecule has 227 valence electrons. The summed E-state index contributed by atoms with van der Waals surface area (Å²) in [6.07, 6.45) is 0.229. The summed E-state index contributed by atoms with van der Waals surface area (Å²) in [5.41, 5.74) is 0. The third kappa shape index (κ3) is 15.4. The molecule has 1 fully saturated rings. The van der Waals surface area contributed by atoms with Gasteiger partial charge in [-0.2, -0.15) is 0 Å². The fraction of sp³-hybridized carbons (Fsp3) is 1.00. The van der Waals surface area contributed by atoms with Crippen LogP contribution in [0, 0.1) is 0 Å². The highest BCUT2D eigenvalue weighted by molar-refractivity contribution is 6.90. The van der Waals surface area contributed by atoms with Crippen molar-refractivity contribution in [1.29, 1.82) is 0 Å². The maximum Gasteiger partial charge on any atom is 0.500 e. The van der Waals surface area contributed by atoms with Gasteiger partial charge >= 0.3 is 43.8 Å². The molecule has 0 aromatic rings. The topological polar surface area (TPSA) is 95.6 Å². The van der Waals surface area contributed by atoms with Crippen LogP contribution in [0.25, 0.3) is 0 Å². The van der Waals surface area contributed by atoms with Gasteiger partial charge in [0.25, 0.3) is 0 Å². The largest absolute Gasteiger partial charge is 0.500 e. The number of hydrogen-bond acceptors (Lipinski definition) is 10. The van der Waals surface area contributed by atoms with Crippen molar-refractivity contribution >= 4 is 60.4 Å². The Morgan fingerprint density at radius 2 is 1.21 bits per heavy atom. The van der Waals surface area contributed by atoms with E-state index in [4.69, 9.17) is 43.3 Å². The van der Waals surface area contributed by atoms with Crippen molar-refractivity contribution in [2.24, 2.45) is 0 Å². The second-order valence-electron chi connectivity index (χ2n) is 12.5. The average molecular weight is 664 g/mol. The minimum atomic E-state index is -2.89. The first-order chi connectivity index (χ1) is 17.2. The van der Waals surface area contributed by atoms with Crippen molar-refractivity contribution in [2.75, 3.05) is 41.2 Å². The van der Waals surface area contributed by atoms with Gasteiger partial charge in [0.2, 0.25) is 0 Å². The molecule has 38 heavy (non-hydrogen) atoms. The van der Waals surface area contributed by atoms with E-state index >= 15 is 0 Å². The summed E-state index contributed by atoms with van der Waals surface area (Å²) in [6, 6.07) is 1.91. The lowest BCUT2D eigenvalue weighted by molar-refractivity contribution is 0.121. The predicted molar refractivity (Wildman–Crippen MR) is 166 cm³/mol.